The molecule has 0 saturated heterocycles. The van der Waals surface area contributed by atoms with Crippen LogP contribution in [-0.4, -0.2) is 22.6 Å². The monoisotopic (exact) mass is 342 g/mol. The molecule has 0 spiro atoms. The Labute approximate surface area is 129 Å². The van der Waals surface area contributed by atoms with Gasteiger partial charge < -0.3 is 10.5 Å². The molecule has 1 rings (SSSR count). The van der Waals surface area contributed by atoms with Crippen molar-refractivity contribution >= 4 is 21.9 Å². The molecule has 1 aromatic rings. The smallest absolute Gasteiger partial charge is 0.318 e. The van der Waals surface area contributed by atoms with Gasteiger partial charge in [0.15, 0.2) is 0 Å². The summed E-state index contributed by atoms with van der Waals surface area (Å²) in [6.07, 6.45) is 2.24. The summed E-state index contributed by atoms with van der Waals surface area (Å²) in [6, 6.07) is 3.31. The Morgan fingerprint density at radius 2 is 2.05 bits per heavy atom. The van der Waals surface area contributed by atoms with E-state index in [-0.39, 0.29) is 12.0 Å². The average Bonchev–Trinajstić information content (AvgIpc) is 2.30. The number of pyridine rings is 1. The highest BCUT2D eigenvalue weighted by atomic mass is 79.9. The minimum Gasteiger partial charge on any atom is -0.459 e. The fourth-order valence-corrected chi connectivity index (χ4v) is 2.48. The molecule has 112 valence electrons. The van der Waals surface area contributed by atoms with E-state index >= 15 is 0 Å². The van der Waals surface area contributed by atoms with Crippen LogP contribution in [0.4, 0.5) is 0 Å². The van der Waals surface area contributed by atoms with Crippen molar-refractivity contribution in [3.8, 4) is 0 Å². The second-order valence-corrected chi connectivity index (χ2v) is 6.80. The molecular weight excluding hydrogens is 320 g/mol. The molecule has 0 aliphatic heterocycles. The minimum atomic E-state index is -0.874. The summed E-state index contributed by atoms with van der Waals surface area (Å²) in [5.74, 6) is -0.299. The van der Waals surface area contributed by atoms with E-state index in [9.17, 15) is 4.79 Å². The number of nitrogens with two attached hydrogens (primary N) is 1. The second-order valence-electron chi connectivity index (χ2n) is 5.99. The maximum absolute atomic E-state index is 12.7. The summed E-state index contributed by atoms with van der Waals surface area (Å²) in [6.45, 7) is 9.33. The van der Waals surface area contributed by atoms with E-state index < -0.39 is 11.0 Å². The molecular formula is C15H23BrN2O2. The van der Waals surface area contributed by atoms with Crippen molar-refractivity contribution in [2.75, 3.05) is 0 Å². The van der Waals surface area contributed by atoms with Crippen LogP contribution in [0.3, 0.4) is 0 Å². The molecule has 0 saturated carbocycles. The number of carbonyl (C=O) groups is 1. The Morgan fingerprint density at radius 1 is 1.45 bits per heavy atom. The van der Waals surface area contributed by atoms with Gasteiger partial charge in [-0.1, -0.05) is 13.0 Å². The summed E-state index contributed by atoms with van der Waals surface area (Å²) in [7, 11) is 0. The molecule has 0 bridgehead atoms. The fraction of sp³-hybridized carbons (Fsp3) is 0.600. The van der Waals surface area contributed by atoms with Crippen molar-refractivity contribution in [2.45, 2.75) is 58.1 Å². The summed E-state index contributed by atoms with van der Waals surface area (Å²) in [5, 5.41) is 0. The van der Waals surface area contributed by atoms with E-state index in [1.807, 2.05) is 46.8 Å². The molecule has 2 atom stereocenters. The molecule has 4 nitrogen and oxygen atoms in total. The predicted molar refractivity (Wildman–Crippen MR) is 83.4 cm³/mol. The number of hydrogen-bond acceptors (Lipinski definition) is 4. The van der Waals surface area contributed by atoms with Gasteiger partial charge in [-0.15, -0.1) is 0 Å². The fourth-order valence-electron chi connectivity index (χ4n) is 2.25. The van der Waals surface area contributed by atoms with Crippen molar-refractivity contribution in [3.63, 3.8) is 0 Å². The van der Waals surface area contributed by atoms with Gasteiger partial charge in [-0.3, -0.25) is 4.79 Å². The Hall–Kier alpha value is -0.940. The van der Waals surface area contributed by atoms with E-state index in [2.05, 4.69) is 20.9 Å². The third-order valence-corrected chi connectivity index (χ3v) is 3.81. The molecule has 5 heteroatoms. The Kier molecular flexibility index (Phi) is 5.33. The molecule has 2 N–H and O–H groups in total. The first-order chi connectivity index (χ1) is 9.13. The lowest BCUT2D eigenvalue weighted by atomic mass is 9.73. The normalized spacial score (nSPS) is 16.4. The predicted octanol–water partition coefficient (Wildman–Crippen LogP) is 3.18. The molecule has 0 aliphatic rings. The highest BCUT2D eigenvalue weighted by Gasteiger charge is 2.45. The van der Waals surface area contributed by atoms with Crippen LogP contribution in [-0.2, 0) is 14.9 Å². The number of ether oxygens (including phenoxy) is 1. The Balaban J connectivity index is 3.29. The second kappa shape index (κ2) is 6.22. The van der Waals surface area contributed by atoms with E-state index in [0.29, 0.717) is 6.42 Å². The van der Waals surface area contributed by atoms with Gasteiger partial charge >= 0.3 is 5.97 Å². The Bertz CT molecular complexity index is 466. The maximum Gasteiger partial charge on any atom is 0.318 e. The van der Waals surface area contributed by atoms with Gasteiger partial charge in [0.1, 0.15) is 15.6 Å². The van der Waals surface area contributed by atoms with E-state index in [4.69, 9.17) is 10.5 Å². The van der Waals surface area contributed by atoms with Crippen LogP contribution in [0.25, 0.3) is 0 Å². The van der Waals surface area contributed by atoms with Crippen molar-refractivity contribution in [3.05, 3.63) is 28.5 Å². The molecule has 0 aliphatic carbocycles. The Morgan fingerprint density at radius 3 is 2.40 bits per heavy atom. The SMILES string of the molecule is CCC(C(=O)OC(C)(C)C)(c1ccc(Br)nc1)C(C)N. The zero-order valence-corrected chi connectivity index (χ0v) is 14.3. The molecule has 1 heterocycles. The number of esters is 1. The van der Waals surface area contributed by atoms with Gasteiger partial charge in [0.25, 0.3) is 0 Å². The number of rotatable bonds is 4. The highest BCUT2D eigenvalue weighted by molar-refractivity contribution is 9.10. The van der Waals surface area contributed by atoms with Gasteiger partial charge in [-0.05, 0) is 61.7 Å². The zero-order valence-electron chi connectivity index (χ0n) is 12.7. The number of halogens is 1. The lowest BCUT2D eigenvalue weighted by Gasteiger charge is -2.36. The molecule has 1 aromatic heterocycles. The van der Waals surface area contributed by atoms with Crippen molar-refractivity contribution < 1.29 is 9.53 Å². The van der Waals surface area contributed by atoms with Gasteiger partial charge in [-0.2, -0.15) is 0 Å². The third-order valence-electron chi connectivity index (χ3n) is 3.34. The lowest BCUT2D eigenvalue weighted by Crippen LogP contribution is -2.52. The van der Waals surface area contributed by atoms with Gasteiger partial charge in [0, 0.05) is 12.2 Å². The summed E-state index contributed by atoms with van der Waals surface area (Å²) >= 11 is 3.30. The van der Waals surface area contributed by atoms with Crippen LogP contribution in [0.15, 0.2) is 22.9 Å². The molecule has 2 unspecified atom stereocenters. The van der Waals surface area contributed by atoms with Crippen LogP contribution in [0.1, 0.15) is 46.6 Å². The molecule has 0 amide bonds. The molecule has 0 aromatic carbocycles. The van der Waals surface area contributed by atoms with Crippen LogP contribution >= 0.6 is 15.9 Å². The van der Waals surface area contributed by atoms with Gasteiger partial charge in [0.2, 0.25) is 0 Å². The van der Waals surface area contributed by atoms with Crippen LogP contribution in [0, 0.1) is 0 Å². The van der Waals surface area contributed by atoms with E-state index in [1.165, 1.54) is 0 Å². The number of nitrogens with zero attached hydrogens (tertiary/aromatic N) is 1. The van der Waals surface area contributed by atoms with Gasteiger partial charge in [0.05, 0.1) is 0 Å². The molecule has 0 radical (unpaired) electrons. The highest BCUT2D eigenvalue weighted by Crippen LogP contribution is 2.34. The zero-order chi connectivity index (χ0) is 15.6. The van der Waals surface area contributed by atoms with Crippen LogP contribution < -0.4 is 5.73 Å². The van der Waals surface area contributed by atoms with Crippen molar-refractivity contribution in [1.82, 2.24) is 4.98 Å². The standard InChI is InChI=1S/C15H23BrN2O2/c1-6-15(10(2)17,13(19)20-14(3,4)5)11-7-8-12(16)18-9-11/h7-10H,6,17H2,1-5H3. The largest absolute Gasteiger partial charge is 0.459 e. The first-order valence-corrected chi connectivity index (χ1v) is 7.54. The number of hydrogen-bond donors (Lipinski definition) is 1. The lowest BCUT2D eigenvalue weighted by molar-refractivity contribution is -0.163. The topological polar surface area (TPSA) is 65.2 Å². The van der Waals surface area contributed by atoms with Crippen LogP contribution in [0.5, 0.6) is 0 Å². The molecule has 20 heavy (non-hydrogen) atoms. The van der Waals surface area contributed by atoms with Gasteiger partial charge in [-0.25, -0.2) is 4.98 Å². The molecule has 0 fully saturated rings. The first-order valence-electron chi connectivity index (χ1n) is 6.74. The van der Waals surface area contributed by atoms with E-state index in [0.717, 1.165) is 10.2 Å². The average molecular weight is 343 g/mol. The van der Waals surface area contributed by atoms with E-state index in [1.54, 1.807) is 6.20 Å². The first kappa shape index (κ1) is 17.1. The quantitative estimate of drug-likeness (QED) is 0.674. The third kappa shape index (κ3) is 3.58. The van der Waals surface area contributed by atoms with Crippen molar-refractivity contribution in [2.24, 2.45) is 5.73 Å². The summed E-state index contributed by atoms with van der Waals surface area (Å²) in [4.78, 5) is 16.9. The van der Waals surface area contributed by atoms with Crippen LogP contribution in [0.2, 0.25) is 0 Å². The minimum absolute atomic E-state index is 0.299. The van der Waals surface area contributed by atoms with Crippen molar-refractivity contribution in [1.29, 1.82) is 0 Å². The number of carbonyl (C=O) groups excluding carboxylic acids is 1. The maximum atomic E-state index is 12.7. The number of aromatic nitrogens is 1. The summed E-state index contributed by atoms with van der Waals surface area (Å²) in [5.41, 5.74) is 5.50. The summed E-state index contributed by atoms with van der Waals surface area (Å²) < 4.78 is 6.30.